The topological polar surface area (TPSA) is 77.4 Å². The maximum atomic E-state index is 9.92. The molecule has 16 heavy (non-hydrogen) atoms. The van der Waals surface area contributed by atoms with Crippen LogP contribution in [-0.4, -0.2) is 41.8 Å². The molecule has 2 heterocycles. The van der Waals surface area contributed by atoms with Crippen LogP contribution in [0, 0.1) is 5.92 Å². The quantitative estimate of drug-likeness (QED) is 0.722. The van der Waals surface area contributed by atoms with Gasteiger partial charge in [-0.2, -0.15) is 0 Å². The molecule has 4 atom stereocenters. The summed E-state index contributed by atoms with van der Waals surface area (Å²) in [5.41, 5.74) is 0. The molecule has 2 aliphatic heterocycles. The van der Waals surface area contributed by atoms with E-state index >= 15 is 0 Å². The Kier molecular flexibility index (Phi) is 2.16. The van der Waals surface area contributed by atoms with Gasteiger partial charge in [0.2, 0.25) is 6.29 Å². The number of aliphatic hydroxyl groups excluding tert-OH is 2. The Labute approximate surface area is 92.4 Å². The standard InChI is InChI=1S/C10H14O6/c1-10-14-6-4-5(6)7(12)8(15-10)9(16-10)13-3-2-11/h5-6,9,11-12H,2-4H2,1H3/t5-,6+,9+,10?/m0/s1. The first-order valence-corrected chi connectivity index (χ1v) is 5.33. The summed E-state index contributed by atoms with van der Waals surface area (Å²) in [6.45, 7) is 1.65. The number of aliphatic hydroxyl groups is 2. The third-order valence-corrected chi connectivity index (χ3v) is 2.89. The lowest BCUT2D eigenvalue weighted by Gasteiger charge is -2.21. The Morgan fingerprint density at radius 1 is 1.50 bits per heavy atom. The summed E-state index contributed by atoms with van der Waals surface area (Å²) in [6, 6.07) is 0. The highest BCUT2D eigenvalue weighted by molar-refractivity contribution is 5.19. The highest BCUT2D eigenvalue weighted by Crippen LogP contribution is 2.50. The van der Waals surface area contributed by atoms with Crippen LogP contribution in [0.15, 0.2) is 11.5 Å². The van der Waals surface area contributed by atoms with Crippen LogP contribution in [0.2, 0.25) is 0 Å². The number of hydrogen-bond donors (Lipinski definition) is 2. The van der Waals surface area contributed by atoms with Crippen molar-refractivity contribution in [3.63, 3.8) is 0 Å². The molecule has 3 aliphatic rings. The lowest BCUT2D eigenvalue weighted by Crippen LogP contribution is -2.32. The summed E-state index contributed by atoms with van der Waals surface area (Å²) in [7, 11) is 0. The lowest BCUT2D eigenvalue weighted by molar-refractivity contribution is -0.343. The maximum Gasteiger partial charge on any atom is 0.326 e. The molecule has 6 heteroatoms. The molecule has 0 radical (unpaired) electrons. The zero-order valence-electron chi connectivity index (χ0n) is 8.88. The molecule has 0 aromatic heterocycles. The number of hydrogen-bond acceptors (Lipinski definition) is 6. The van der Waals surface area contributed by atoms with Crippen molar-refractivity contribution in [1.29, 1.82) is 0 Å². The predicted molar refractivity (Wildman–Crippen MR) is 50.0 cm³/mol. The fraction of sp³-hybridized carbons (Fsp3) is 0.800. The molecule has 0 spiro atoms. The van der Waals surface area contributed by atoms with E-state index in [2.05, 4.69) is 0 Å². The van der Waals surface area contributed by atoms with Crippen LogP contribution in [0.4, 0.5) is 0 Å². The fourth-order valence-electron chi connectivity index (χ4n) is 2.06. The third-order valence-electron chi connectivity index (χ3n) is 2.89. The van der Waals surface area contributed by atoms with E-state index in [0.29, 0.717) is 0 Å². The number of fused-ring (bicyclic) bond motifs is 3. The minimum atomic E-state index is -1.18. The van der Waals surface area contributed by atoms with E-state index < -0.39 is 12.3 Å². The Balaban J connectivity index is 1.85. The molecule has 2 bridgehead atoms. The second kappa shape index (κ2) is 3.33. The normalized spacial score (nSPS) is 45.0. The van der Waals surface area contributed by atoms with Gasteiger partial charge in [-0.05, 0) is 6.42 Å². The van der Waals surface area contributed by atoms with Crippen molar-refractivity contribution in [1.82, 2.24) is 0 Å². The fourth-order valence-corrected chi connectivity index (χ4v) is 2.06. The monoisotopic (exact) mass is 230 g/mol. The van der Waals surface area contributed by atoms with Gasteiger partial charge in [0, 0.05) is 12.8 Å². The minimum absolute atomic E-state index is 0.000881. The second-order valence-electron chi connectivity index (χ2n) is 4.26. The van der Waals surface area contributed by atoms with Crippen molar-refractivity contribution >= 4 is 0 Å². The highest BCUT2D eigenvalue weighted by Gasteiger charge is 2.58. The van der Waals surface area contributed by atoms with Gasteiger partial charge in [0.25, 0.3) is 0 Å². The number of rotatable bonds is 3. The van der Waals surface area contributed by atoms with Gasteiger partial charge in [0.05, 0.1) is 19.3 Å². The third kappa shape index (κ3) is 1.49. The Morgan fingerprint density at radius 2 is 2.31 bits per heavy atom. The largest absolute Gasteiger partial charge is 0.508 e. The molecule has 1 unspecified atom stereocenters. The highest BCUT2D eigenvalue weighted by atomic mass is 16.9. The lowest BCUT2D eigenvalue weighted by atomic mass is 10.3. The van der Waals surface area contributed by atoms with Crippen molar-refractivity contribution in [2.75, 3.05) is 13.2 Å². The average Bonchev–Trinajstić information content (AvgIpc) is 2.90. The summed E-state index contributed by atoms with van der Waals surface area (Å²) in [5, 5.41) is 18.6. The van der Waals surface area contributed by atoms with E-state index in [0.717, 1.165) is 6.42 Å². The zero-order chi connectivity index (χ0) is 11.3. The molecule has 0 aromatic rings. The molecule has 1 saturated carbocycles. The first-order valence-electron chi connectivity index (χ1n) is 5.33. The Morgan fingerprint density at radius 3 is 3.06 bits per heavy atom. The summed E-state index contributed by atoms with van der Waals surface area (Å²) in [4.78, 5) is 0. The smallest absolute Gasteiger partial charge is 0.326 e. The van der Waals surface area contributed by atoms with E-state index in [1.165, 1.54) is 0 Å². The number of ether oxygens (including phenoxy) is 4. The molecule has 90 valence electrons. The van der Waals surface area contributed by atoms with E-state index in [1.807, 2.05) is 0 Å². The van der Waals surface area contributed by atoms with Gasteiger partial charge >= 0.3 is 5.97 Å². The summed E-state index contributed by atoms with van der Waals surface area (Å²) < 4.78 is 21.6. The van der Waals surface area contributed by atoms with Gasteiger partial charge in [-0.25, -0.2) is 0 Å². The molecule has 0 aromatic carbocycles. The van der Waals surface area contributed by atoms with Crippen LogP contribution in [0.1, 0.15) is 13.3 Å². The maximum absolute atomic E-state index is 9.92. The summed E-state index contributed by atoms with van der Waals surface area (Å²) >= 11 is 0. The van der Waals surface area contributed by atoms with Gasteiger partial charge in [-0.1, -0.05) is 0 Å². The van der Waals surface area contributed by atoms with Gasteiger partial charge in [0.15, 0.2) is 5.76 Å². The van der Waals surface area contributed by atoms with Crippen LogP contribution < -0.4 is 0 Å². The summed E-state index contributed by atoms with van der Waals surface area (Å²) in [5.74, 6) is -0.754. The van der Waals surface area contributed by atoms with Crippen molar-refractivity contribution in [2.45, 2.75) is 31.7 Å². The van der Waals surface area contributed by atoms with Crippen LogP contribution in [0.3, 0.4) is 0 Å². The van der Waals surface area contributed by atoms with E-state index in [-0.39, 0.29) is 36.8 Å². The molecule has 1 saturated heterocycles. The zero-order valence-corrected chi connectivity index (χ0v) is 8.88. The van der Waals surface area contributed by atoms with Gasteiger partial charge in [-0.3, -0.25) is 4.74 Å². The van der Waals surface area contributed by atoms with Gasteiger partial charge in [0.1, 0.15) is 5.76 Å². The van der Waals surface area contributed by atoms with E-state index in [4.69, 9.17) is 24.1 Å². The van der Waals surface area contributed by atoms with Crippen LogP contribution in [-0.2, 0) is 18.9 Å². The molecule has 6 nitrogen and oxygen atoms in total. The van der Waals surface area contributed by atoms with Crippen molar-refractivity contribution in [3.05, 3.63) is 11.5 Å². The Bertz CT molecular complexity index is 340. The van der Waals surface area contributed by atoms with Crippen LogP contribution >= 0.6 is 0 Å². The molecule has 1 aliphatic carbocycles. The molecular formula is C10H14O6. The SMILES string of the molecule is CC12OC(=C(O)[C@H]3C[C@H]3O1)[C@H](OCCO)O2. The van der Waals surface area contributed by atoms with Crippen molar-refractivity contribution < 1.29 is 29.2 Å². The molecule has 2 fully saturated rings. The molecular weight excluding hydrogens is 216 g/mol. The molecule has 0 amide bonds. The van der Waals surface area contributed by atoms with Crippen LogP contribution in [0.5, 0.6) is 0 Å². The van der Waals surface area contributed by atoms with E-state index in [9.17, 15) is 5.11 Å². The minimum Gasteiger partial charge on any atom is -0.508 e. The second-order valence-corrected chi connectivity index (χ2v) is 4.26. The van der Waals surface area contributed by atoms with Crippen molar-refractivity contribution in [2.24, 2.45) is 5.92 Å². The first-order chi connectivity index (χ1) is 7.63. The average molecular weight is 230 g/mol. The van der Waals surface area contributed by atoms with Gasteiger partial charge < -0.3 is 24.4 Å². The van der Waals surface area contributed by atoms with Crippen molar-refractivity contribution in [3.8, 4) is 0 Å². The predicted octanol–water partition coefficient (Wildman–Crippen LogP) is 0.230. The Hall–Kier alpha value is -0.820. The molecule has 2 N–H and O–H groups in total. The van der Waals surface area contributed by atoms with E-state index in [1.54, 1.807) is 6.92 Å². The van der Waals surface area contributed by atoms with Crippen LogP contribution in [0.25, 0.3) is 0 Å². The first kappa shape index (κ1) is 10.3. The van der Waals surface area contributed by atoms with Gasteiger partial charge in [-0.15, -0.1) is 0 Å². The summed E-state index contributed by atoms with van der Waals surface area (Å²) in [6.07, 6.45) is -0.0373. The molecule has 3 rings (SSSR count).